The van der Waals surface area contributed by atoms with Crippen molar-refractivity contribution in [3.05, 3.63) is 47.2 Å². The Labute approximate surface area is 102 Å². The average Bonchev–Trinajstić information content (AvgIpc) is 2.34. The first-order chi connectivity index (χ1) is 8.20. The maximum Gasteiger partial charge on any atom is 0.0932 e. The summed E-state index contributed by atoms with van der Waals surface area (Å²) in [5.74, 6) is 0. The van der Waals surface area contributed by atoms with Crippen molar-refractivity contribution < 1.29 is 0 Å². The molecule has 0 bridgehead atoms. The Morgan fingerprint density at radius 2 is 1.88 bits per heavy atom. The molecule has 17 heavy (non-hydrogen) atoms. The predicted octanol–water partition coefficient (Wildman–Crippen LogP) is 2.26. The molecule has 0 saturated carbocycles. The summed E-state index contributed by atoms with van der Waals surface area (Å²) in [5, 5.41) is 8.45. The van der Waals surface area contributed by atoms with Crippen LogP contribution < -0.4 is 5.73 Å². The van der Waals surface area contributed by atoms with Crippen molar-refractivity contribution in [2.24, 2.45) is 5.73 Å². The molecule has 2 N–H and O–H groups in total. The summed E-state index contributed by atoms with van der Waals surface area (Å²) in [6.45, 7) is 4.78. The van der Waals surface area contributed by atoms with Gasteiger partial charge in [0.05, 0.1) is 11.4 Å². The van der Waals surface area contributed by atoms with Crippen molar-refractivity contribution in [3.8, 4) is 11.3 Å². The molecular weight excluding hydrogens is 210 g/mol. The molecule has 2 rings (SSSR count). The van der Waals surface area contributed by atoms with Crippen molar-refractivity contribution >= 4 is 0 Å². The molecule has 88 valence electrons. The van der Waals surface area contributed by atoms with Crippen LogP contribution in [0.25, 0.3) is 11.3 Å². The smallest absolute Gasteiger partial charge is 0.0932 e. The van der Waals surface area contributed by atoms with Gasteiger partial charge >= 0.3 is 0 Å². The fourth-order valence-corrected chi connectivity index (χ4v) is 1.80. The second-order valence-corrected chi connectivity index (χ2v) is 4.27. The minimum atomic E-state index is 0.609. The lowest BCUT2D eigenvalue weighted by atomic mass is 10.0. The summed E-state index contributed by atoms with van der Waals surface area (Å²) >= 11 is 0. The van der Waals surface area contributed by atoms with Crippen LogP contribution in [0.3, 0.4) is 0 Å². The second kappa shape index (κ2) is 5.06. The third-order valence-electron chi connectivity index (χ3n) is 2.79. The number of aryl methyl sites for hydroxylation is 2. The fraction of sp³-hybridized carbons (Fsp3) is 0.286. The van der Waals surface area contributed by atoms with Gasteiger partial charge in [-0.3, -0.25) is 0 Å². The summed E-state index contributed by atoms with van der Waals surface area (Å²) in [7, 11) is 0. The van der Waals surface area contributed by atoms with Crippen molar-refractivity contribution in [2.45, 2.75) is 20.3 Å². The van der Waals surface area contributed by atoms with Crippen LogP contribution in [0.2, 0.25) is 0 Å². The molecule has 0 aliphatic heterocycles. The molecule has 0 radical (unpaired) electrons. The Balaban J connectivity index is 2.36. The zero-order chi connectivity index (χ0) is 12.3. The first kappa shape index (κ1) is 11.7. The van der Waals surface area contributed by atoms with Gasteiger partial charge in [0.2, 0.25) is 0 Å². The molecule has 2 aromatic rings. The highest BCUT2D eigenvalue weighted by atomic mass is 15.1. The highest BCUT2D eigenvalue weighted by Gasteiger charge is 2.04. The molecule has 0 fully saturated rings. The molecule has 3 nitrogen and oxygen atoms in total. The van der Waals surface area contributed by atoms with Crippen LogP contribution in [0.1, 0.15) is 16.8 Å². The van der Waals surface area contributed by atoms with E-state index in [9.17, 15) is 0 Å². The zero-order valence-electron chi connectivity index (χ0n) is 10.3. The topological polar surface area (TPSA) is 51.8 Å². The molecule has 0 aliphatic carbocycles. The van der Waals surface area contributed by atoms with Gasteiger partial charge in [-0.25, -0.2) is 0 Å². The molecule has 1 aromatic carbocycles. The summed E-state index contributed by atoms with van der Waals surface area (Å²) < 4.78 is 0. The summed E-state index contributed by atoms with van der Waals surface area (Å²) in [4.78, 5) is 0. The minimum absolute atomic E-state index is 0.609. The van der Waals surface area contributed by atoms with Gasteiger partial charge < -0.3 is 5.73 Å². The van der Waals surface area contributed by atoms with Gasteiger partial charge in [0.1, 0.15) is 0 Å². The van der Waals surface area contributed by atoms with Gasteiger partial charge in [-0.05, 0) is 44.2 Å². The van der Waals surface area contributed by atoms with Gasteiger partial charge in [-0.1, -0.05) is 17.7 Å². The normalized spacial score (nSPS) is 10.5. The SMILES string of the molecule is Cc1ccc(C)c(-c2ccc(CCN)nn2)c1. The van der Waals surface area contributed by atoms with E-state index in [1.54, 1.807) is 0 Å². The quantitative estimate of drug-likeness (QED) is 0.875. The van der Waals surface area contributed by atoms with Crippen molar-refractivity contribution in [1.82, 2.24) is 10.2 Å². The van der Waals surface area contributed by atoms with Gasteiger partial charge in [-0.2, -0.15) is 10.2 Å². The van der Waals surface area contributed by atoms with E-state index in [1.165, 1.54) is 11.1 Å². The molecule has 1 heterocycles. The second-order valence-electron chi connectivity index (χ2n) is 4.27. The molecule has 0 amide bonds. The van der Waals surface area contributed by atoms with Crippen molar-refractivity contribution in [3.63, 3.8) is 0 Å². The van der Waals surface area contributed by atoms with E-state index in [-0.39, 0.29) is 0 Å². The third-order valence-corrected chi connectivity index (χ3v) is 2.79. The van der Waals surface area contributed by atoms with Crippen LogP contribution in [-0.4, -0.2) is 16.7 Å². The van der Waals surface area contributed by atoms with Gasteiger partial charge in [0, 0.05) is 12.0 Å². The molecule has 1 aromatic heterocycles. The highest BCUT2D eigenvalue weighted by Crippen LogP contribution is 2.22. The van der Waals surface area contributed by atoms with E-state index < -0.39 is 0 Å². The van der Waals surface area contributed by atoms with Crippen molar-refractivity contribution in [2.75, 3.05) is 6.54 Å². The Morgan fingerprint density at radius 1 is 1.06 bits per heavy atom. The lowest BCUT2D eigenvalue weighted by Gasteiger charge is -2.06. The van der Waals surface area contributed by atoms with Gasteiger partial charge in [0.25, 0.3) is 0 Å². The predicted molar refractivity (Wildman–Crippen MR) is 69.7 cm³/mol. The lowest BCUT2D eigenvalue weighted by Crippen LogP contribution is -2.05. The Hall–Kier alpha value is -1.74. The monoisotopic (exact) mass is 227 g/mol. The number of benzene rings is 1. The Morgan fingerprint density at radius 3 is 2.53 bits per heavy atom. The highest BCUT2D eigenvalue weighted by molar-refractivity contribution is 5.63. The fourth-order valence-electron chi connectivity index (χ4n) is 1.80. The Bertz CT molecular complexity index is 503. The van der Waals surface area contributed by atoms with E-state index in [0.717, 1.165) is 23.4 Å². The standard InChI is InChI=1S/C14H17N3/c1-10-3-4-11(2)13(9-10)14-6-5-12(7-8-15)16-17-14/h3-6,9H,7-8,15H2,1-2H3. The zero-order valence-corrected chi connectivity index (χ0v) is 10.3. The van der Waals surface area contributed by atoms with Crippen LogP contribution in [0.15, 0.2) is 30.3 Å². The first-order valence-electron chi connectivity index (χ1n) is 5.81. The largest absolute Gasteiger partial charge is 0.330 e. The third kappa shape index (κ3) is 2.68. The molecule has 0 spiro atoms. The average molecular weight is 227 g/mol. The van der Waals surface area contributed by atoms with Gasteiger partial charge in [-0.15, -0.1) is 0 Å². The number of rotatable bonds is 3. The van der Waals surface area contributed by atoms with Crippen LogP contribution in [0, 0.1) is 13.8 Å². The number of nitrogens with two attached hydrogens (primary N) is 1. The number of nitrogens with zero attached hydrogens (tertiary/aromatic N) is 2. The van der Waals surface area contributed by atoms with Crippen LogP contribution in [-0.2, 0) is 6.42 Å². The van der Waals surface area contributed by atoms with E-state index in [0.29, 0.717) is 6.54 Å². The van der Waals surface area contributed by atoms with Crippen LogP contribution >= 0.6 is 0 Å². The van der Waals surface area contributed by atoms with E-state index >= 15 is 0 Å². The summed E-state index contributed by atoms with van der Waals surface area (Å²) in [6, 6.07) is 10.4. The van der Waals surface area contributed by atoms with E-state index in [2.05, 4.69) is 42.2 Å². The molecule has 0 atom stereocenters. The number of aromatic nitrogens is 2. The van der Waals surface area contributed by atoms with Gasteiger partial charge in [0.15, 0.2) is 0 Å². The minimum Gasteiger partial charge on any atom is -0.330 e. The lowest BCUT2D eigenvalue weighted by molar-refractivity contribution is 0.869. The van der Waals surface area contributed by atoms with Crippen molar-refractivity contribution in [1.29, 1.82) is 0 Å². The molecule has 0 saturated heterocycles. The number of hydrogen-bond donors (Lipinski definition) is 1. The molecule has 0 unspecified atom stereocenters. The Kier molecular flexibility index (Phi) is 3.49. The molecule has 3 heteroatoms. The summed E-state index contributed by atoms with van der Waals surface area (Å²) in [6.07, 6.45) is 0.778. The maximum absolute atomic E-state index is 5.49. The van der Waals surface area contributed by atoms with Crippen LogP contribution in [0.5, 0.6) is 0 Å². The van der Waals surface area contributed by atoms with Crippen LogP contribution in [0.4, 0.5) is 0 Å². The number of hydrogen-bond acceptors (Lipinski definition) is 3. The van der Waals surface area contributed by atoms with E-state index in [4.69, 9.17) is 5.73 Å². The first-order valence-corrected chi connectivity index (χ1v) is 5.81. The maximum atomic E-state index is 5.49. The summed E-state index contributed by atoms with van der Waals surface area (Å²) in [5.41, 5.74) is 11.0. The van der Waals surface area contributed by atoms with E-state index in [1.807, 2.05) is 12.1 Å². The molecule has 0 aliphatic rings. The molecular formula is C14H17N3.